The number of amides is 1. The van der Waals surface area contributed by atoms with Crippen LogP contribution in [0.1, 0.15) is 34.1 Å². The van der Waals surface area contributed by atoms with Gasteiger partial charge < -0.3 is 4.90 Å². The zero-order valence-corrected chi connectivity index (χ0v) is 18.6. The van der Waals surface area contributed by atoms with Crippen LogP contribution in [0, 0.1) is 13.8 Å². The van der Waals surface area contributed by atoms with Gasteiger partial charge in [0.1, 0.15) is 0 Å². The Morgan fingerprint density at radius 3 is 2.61 bits per heavy atom. The minimum absolute atomic E-state index is 0.00249. The highest BCUT2D eigenvalue weighted by atomic mass is 16.2. The van der Waals surface area contributed by atoms with Gasteiger partial charge in [-0.05, 0) is 56.2 Å². The van der Waals surface area contributed by atoms with Crippen LogP contribution in [0.5, 0.6) is 0 Å². The van der Waals surface area contributed by atoms with Crippen LogP contribution in [-0.2, 0) is 13.5 Å². The molecule has 6 heteroatoms. The number of rotatable bonds is 5. The smallest absolute Gasteiger partial charge is 0.254 e. The van der Waals surface area contributed by atoms with Crippen molar-refractivity contribution in [3.63, 3.8) is 0 Å². The summed E-state index contributed by atoms with van der Waals surface area (Å²) >= 11 is 0. The minimum Gasteiger partial charge on any atom is -0.339 e. The summed E-state index contributed by atoms with van der Waals surface area (Å²) in [5.41, 5.74) is 6.35. The first-order valence-electron chi connectivity index (χ1n) is 10.4. The molecule has 31 heavy (non-hydrogen) atoms. The van der Waals surface area contributed by atoms with Crippen molar-refractivity contribution in [3.8, 4) is 11.3 Å². The summed E-state index contributed by atoms with van der Waals surface area (Å²) in [6.07, 6.45) is 6.20. The van der Waals surface area contributed by atoms with Crippen molar-refractivity contribution in [1.82, 2.24) is 24.6 Å². The van der Waals surface area contributed by atoms with Crippen LogP contribution in [0.2, 0.25) is 0 Å². The Morgan fingerprint density at radius 1 is 1.13 bits per heavy atom. The molecule has 0 radical (unpaired) electrons. The molecular formula is C25H27N5O. The maximum absolute atomic E-state index is 13.6. The molecule has 0 saturated heterocycles. The molecule has 0 N–H and O–H groups in total. The fourth-order valence-electron chi connectivity index (χ4n) is 3.76. The van der Waals surface area contributed by atoms with E-state index in [1.54, 1.807) is 15.8 Å². The molecule has 0 aliphatic rings. The molecule has 3 heterocycles. The molecule has 0 unspecified atom stereocenters. The standard InChI is InChI=1S/C25H27N5O/c1-16-6-7-21-22(13-23(28-24(21)11-16)19-14-27-29(4)15-19)25(31)30(5)18(3)12-20-10-17(2)8-9-26-20/h6-11,13-15,18H,12H2,1-5H3/t18-/m1/s1. The van der Waals surface area contributed by atoms with E-state index in [9.17, 15) is 4.79 Å². The van der Waals surface area contributed by atoms with Crippen LogP contribution in [0.3, 0.4) is 0 Å². The van der Waals surface area contributed by atoms with Crippen molar-refractivity contribution in [3.05, 3.63) is 77.4 Å². The van der Waals surface area contributed by atoms with Gasteiger partial charge in [0.25, 0.3) is 5.91 Å². The molecule has 6 nitrogen and oxygen atoms in total. The number of carbonyl (C=O) groups is 1. The van der Waals surface area contributed by atoms with E-state index in [1.807, 2.05) is 63.7 Å². The van der Waals surface area contributed by atoms with Crippen molar-refractivity contribution in [2.75, 3.05) is 7.05 Å². The molecule has 1 atom stereocenters. The number of carbonyl (C=O) groups excluding carboxylic acids is 1. The van der Waals surface area contributed by atoms with Gasteiger partial charge >= 0.3 is 0 Å². The number of benzene rings is 1. The quantitative estimate of drug-likeness (QED) is 0.488. The molecule has 0 aliphatic carbocycles. The average molecular weight is 414 g/mol. The number of hydrogen-bond donors (Lipinski definition) is 0. The van der Waals surface area contributed by atoms with Crippen molar-refractivity contribution < 1.29 is 4.79 Å². The summed E-state index contributed by atoms with van der Waals surface area (Å²) in [4.78, 5) is 24.6. The lowest BCUT2D eigenvalue weighted by Gasteiger charge is -2.25. The Hall–Kier alpha value is -3.54. The molecule has 0 fully saturated rings. The van der Waals surface area contributed by atoms with Crippen molar-refractivity contribution in [2.24, 2.45) is 7.05 Å². The molecule has 0 aliphatic heterocycles. The highest BCUT2D eigenvalue weighted by molar-refractivity contribution is 6.07. The lowest BCUT2D eigenvalue weighted by Crippen LogP contribution is -2.36. The van der Waals surface area contributed by atoms with Crippen LogP contribution in [0.15, 0.2) is 55.0 Å². The average Bonchev–Trinajstić information content (AvgIpc) is 3.18. The Morgan fingerprint density at radius 2 is 1.90 bits per heavy atom. The number of pyridine rings is 2. The van der Waals surface area contributed by atoms with Gasteiger partial charge in [0.15, 0.2) is 0 Å². The van der Waals surface area contributed by atoms with Crippen molar-refractivity contribution >= 4 is 16.8 Å². The number of aromatic nitrogens is 4. The van der Waals surface area contributed by atoms with Crippen LogP contribution >= 0.6 is 0 Å². The molecule has 0 bridgehead atoms. The number of nitrogens with zero attached hydrogens (tertiary/aromatic N) is 5. The van der Waals surface area contributed by atoms with E-state index in [0.717, 1.165) is 33.4 Å². The Kier molecular flexibility index (Phi) is 5.55. The number of hydrogen-bond acceptors (Lipinski definition) is 4. The van der Waals surface area contributed by atoms with Crippen molar-refractivity contribution in [2.45, 2.75) is 33.2 Å². The first-order chi connectivity index (χ1) is 14.8. The first kappa shape index (κ1) is 20.7. The summed E-state index contributed by atoms with van der Waals surface area (Å²) < 4.78 is 1.74. The normalized spacial score (nSPS) is 12.2. The summed E-state index contributed by atoms with van der Waals surface area (Å²) in [5.74, 6) is -0.0263. The summed E-state index contributed by atoms with van der Waals surface area (Å²) in [6.45, 7) is 6.13. The maximum Gasteiger partial charge on any atom is 0.254 e. The maximum atomic E-state index is 13.6. The summed E-state index contributed by atoms with van der Waals surface area (Å²) in [5, 5.41) is 5.11. The molecule has 4 aromatic rings. The van der Waals surface area contributed by atoms with Gasteiger partial charge in [-0.25, -0.2) is 4.98 Å². The van der Waals surface area contributed by atoms with Crippen LogP contribution in [0.4, 0.5) is 0 Å². The third-order valence-electron chi connectivity index (χ3n) is 5.65. The van der Waals surface area contributed by atoms with Crippen LogP contribution in [0.25, 0.3) is 22.2 Å². The lowest BCUT2D eigenvalue weighted by atomic mass is 10.0. The molecule has 3 aromatic heterocycles. The van der Waals surface area contributed by atoms with Crippen LogP contribution < -0.4 is 0 Å². The highest BCUT2D eigenvalue weighted by Gasteiger charge is 2.22. The van der Waals surface area contributed by atoms with E-state index in [2.05, 4.69) is 30.0 Å². The predicted octanol–water partition coefficient (Wildman–Crippen LogP) is 4.35. The van der Waals surface area contributed by atoms with Gasteiger partial charge in [0.05, 0.1) is 23.0 Å². The predicted molar refractivity (Wildman–Crippen MR) is 123 cm³/mol. The highest BCUT2D eigenvalue weighted by Crippen LogP contribution is 2.27. The van der Waals surface area contributed by atoms with E-state index < -0.39 is 0 Å². The van der Waals surface area contributed by atoms with Crippen LogP contribution in [-0.4, -0.2) is 43.6 Å². The van der Waals surface area contributed by atoms with E-state index >= 15 is 0 Å². The monoisotopic (exact) mass is 413 g/mol. The van der Waals surface area contributed by atoms with Gasteiger partial charge in [0, 0.05) is 55.6 Å². The third-order valence-corrected chi connectivity index (χ3v) is 5.65. The van der Waals surface area contributed by atoms with Gasteiger partial charge in [-0.1, -0.05) is 12.1 Å². The van der Waals surface area contributed by atoms with Gasteiger partial charge in [-0.3, -0.25) is 14.5 Å². The Labute approximate surface area is 182 Å². The van der Waals surface area contributed by atoms with Gasteiger partial charge in [0.2, 0.25) is 0 Å². The molecule has 1 aromatic carbocycles. The minimum atomic E-state index is -0.0263. The SMILES string of the molecule is Cc1ccnc(C[C@@H](C)N(C)C(=O)c2cc(-c3cnn(C)c3)nc3cc(C)ccc23)c1. The fraction of sp³-hybridized carbons (Fsp3) is 0.280. The molecular weight excluding hydrogens is 386 g/mol. The van der Waals surface area contributed by atoms with E-state index in [0.29, 0.717) is 12.0 Å². The van der Waals surface area contributed by atoms with E-state index in [4.69, 9.17) is 4.98 Å². The first-order valence-corrected chi connectivity index (χ1v) is 10.4. The summed E-state index contributed by atoms with van der Waals surface area (Å²) in [6, 6.07) is 12.0. The number of fused-ring (bicyclic) bond motifs is 1. The molecule has 158 valence electrons. The lowest BCUT2D eigenvalue weighted by molar-refractivity contribution is 0.0745. The molecule has 0 saturated carbocycles. The van der Waals surface area contributed by atoms with E-state index in [-0.39, 0.29) is 11.9 Å². The Bertz CT molecular complexity index is 1260. The molecule has 0 spiro atoms. The second-order valence-electron chi connectivity index (χ2n) is 8.27. The molecule has 4 rings (SSSR count). The van der Waals surface area contributed by atoms with Crippen molar-refractivity contribution in [1.29, 1.82) is 0 Å². The van der Waals surface area contributed by atoms with Gasteiger partial charge in [-0.2, -0.15) is 5.10 Å². The fourth-order valence-corrected chi connectivity index (χ4v) is 3.76. The number of likely N-dealkylation sites (N-methyl/N-ethyl adjacent to an activating group) is 1. The second-order valence-corrected chi connectivity index (χ2v) is 8.27. The largest absolute Gasteiger partial charge is 0.339 e. The zero-order chi connectivity index (χ0) is 22.1. The van der Waals surface area contributed by atoms with Gasteiger partial charge in [-0.15, -0.1) is 0 Å². The topological polar surface area (TPSA) is 63.9 Å². The molecule has 1 amide bonds. The third kappa shape index (κ3) is 4.33. The second kappa shape index (κ2) is 8.30. The number of aryl methyl sites for hydroxylation is 3. The van der Waals surface area contributed by atoms with E-state index in [1.165, 1.54) is 5.56 Å². The zero-order valence-electron chi connectivity index (χ0n) is 18.6. The Balaban J connectivity index is 1.72. The summed E-state index contributed by atoms with van der Waals surface area (Å²) in [7, 11) is 3.72.